The third kappa shape index (κ3) is 4.05. The van der Waals surface area contributed by atoms with Gasteiger partial charge in [0.15, 0.2) is 0 Å². The number of aryl methyl sites for hydroxylation is 1. The number of hydrogen-bond acceptors (Lipinski definition) is 3. The van der Waals surface area contributed by atoms with E-state index >= 15 is 0 Å². The normalized spacial score (nSPS) is 18.9. The standard InChI is InChI=1S/C16H25N3O/c1-12-5-3-4-6-15(12)13(2)18-14-7-9-19(10-8-14)11-16(17)20/h3-6,13-14,18H,7-11H2,1-2H3,(H2,17,20). The molecule has 1 aliphatic heterocycles. The van der Waals surface area contributed by atoms with E-state index in [0.717, 1.165) is 25.9 Å². The third-order valence-corrected chi connectivity index (χ3v) is 4.11. The zero-order chi connectivity index (χ0) is 14.5. The van der Waals surface area contributed by atoms with Crippen LogP contribution in [0.4, 0.5) is 0 Å². The SMILES string of the molecule is Cc1ccccc1C(C)NC1CCN(CC(N)=O)CC1. The maximum absolute atomic E-state index is 10.9. The van der Waals surface area contributed by atoms with Gasteiger partial charge < -0.3 is 11.1 Å². The number of nitrogens with one attached hydrogen (secondary N) is 1. The molecule has 1 atom stereocenters. The fourth-order valence-corrected chi connectivity index (χ4v) is 2.99. The van der Waals surface area contributed by atoms with E-state index in [1.165, 1.54) is 11.1 Å². The number of benzene rings is 1. The Morgan fingerprint density at radius 3 is 2.65 bits per heavy atom. The van der Waals surface area contributed by atoms with Crippen molar-refractivity contribution < 1.29 is 4.79 Å². The summed E-state index contributed by atoms with van der Waals surface area (Å²) in [5.74, 6) is -0.232. The summed E-state index contributed by atoms with van der Waals surface area (Å²) in [5, 5.41) is 3.71. The molecule has 0 radical (unpaired) electrons. The van der Waals surface area contributed by atoms with Crippen molar-refractivity contribution in [3.05, 3.63) is 35.4 Å². The Kier molecular flexibility index (Phi) is 5.15. The Bertz CT molecular complexity index is 453. The number of rotatable bonds is 5. The van der Waals surface area contributed by atoms with E-state index in [2.05, 4.69) is 48.3 Å². The van der Waals surface area contributed by atoms with Gasteiger partial charge in [0.05, 0.1) is 6.54 Å². The van der Waals surface area contributed by atoms with Crippen molar-refractivity contribution in [3.8, 4) is 0 Å². The molecule has 110 valence electrons. The van der Waals surface area contributed by atoms with Crippen LogP contribution in [0, 0.1) is 6.92 Å². The van der Waals surface area contributed by atoms with Gasteiger partial charge in [-0.25, -0.2) is 0 Å². The predicted molar refractivity (Wildman–Crippen MR) is 81.4 cm³/mol. The van der Waals surface area contributed by atoms with E-state index in [-0.39, 0.29) is 5.91 Å². The van der Waals surface area contributed by atoms with Gasteiger partial charge in [0, 0.05) is 25.2 Å². The number of nitrogens with zero attached hydrogens (tertiary/aromatic N) is 1. The highest BCUT2D eigenvalue weighted by molar-refractivity contribution is 5.75. The van der Waals surface area contributed by atoms with E-state index < -0.39 is 0 Å². The molecule has 1 aliphatic rings. The van der Waals surface area contributed by atoms with Crippen LogP contribution in [0.25, 0.3) is 0 Å². The summed E-state index contributed by atoms with van der Waals surface area (Å²) in [6.45, 7) is 6.66. The Labute approximate surface area is 121 Å². The number of carbonyl (C=O) groups is 1. The Morgan fingerprint density at radius 1 is 1.40 bits per heavy atom. The summed E-state index contributed by atoms with van der Waals surface area (Å²) in [7, 11) is 0. The van der Waals surface area contributed by atoms with Gasteiger partial charge in [-0.05, 0) is 37.8 Å². The number of piperidine rings is 1. The van der Waals surface area contributed by atoms with E-state index in [9.17, 15) is 4.79 Å². The highest BCUT2D eigenvalue weighted by Crippen LogP contribution is 2.20. The van der Waals surface area contributed by atoms with Crippen molar-refractivity contribution in [1.29, 1.82) is 0 Å². The number of hydrogen-bond donors (Lipinski definition) is 2. The highest BCUT2D eigenvalue weighted by atomic mass is 16.1. The summed E-state index contributed by atoms with van der Waals surface area (Å²) in [4.78, 5) is 13.1. The van der Waals surface area contributed by atoms with E-state index in [4.69, 9.17) is 5.73 Å². The topological polar surface area (TPSA) is 58.4 Å². The molecule has 1 heterocycles. The molecule has 1 aromatic rings. The molecule has 1 aromatic carbocycles. The van der Waals surface area contributed by atoms with Gasteiger partial charge >= 0.3 is 0 Å². The van der Waals surface area contributed by atoms with Crippen molar-refractivity contribution in [1.82, 2.24) is 10.2 Å². The second kappa shape index (κ2) is 6.86. The van der Waals surface area contributed by atoms with Crippen molar-refractivity contribution in [3.63, 3.8) is 0 Å². The van der Waals surface area contributed by atoms with Gasteiger partial charge in [0.2, 0.25) is 5.91 Å². The molecular weight excluding hydrogens is 250 g/mol. The second-order valence-electron chi connectivity index (χ2n) is 5.76. The summed E-state index contributed by atoms with van der Waals surface area (Å²) in [5.41, 5.74) is 7.93. The number of amides is 1. The average Bonchev–Trinajstić information content (AvgIpc) is 2.41. The minimum absolute atomic E-state index is 0.232. The van der Waals surface area contributed by atoms with Crippen LogP contribution in [0.2, 0.25) is 0 Å². The molecule has 1 unspecified atom stereocenters. The first-order valence-corrected chi connectivity index (χ1v) is 7.38. The molecule has 1 saturated heterocycles. The zero-order valence-electron chi connectivity index (χ0n) is 12.4. The lowest BCUT2D eigenvalue weighted by molar-refractivity contribution is -0.119. The van der Waals surface area contributed by atoms with Gasteiger partial charge in [-0.15, -0.1) is 0 Å². The summed E-state index contributed by atoms with van der Waals surface area (Å²) >= 11 is 0. The Hall–Kier alpha value is -1.39. The van der Waals surface area contributed by atoms with Crippen molar-refractivity contribution in [2.75, 3.05) is 19.6 Å². The summed E-state index contributed by atoms with van der Waals surface area (Å²) < 4.78 is 0. The first kappa shape index (κ1) is 15.0. The molecule has 2 rings (SSSR count). The molecule has 1 amide bonds. The van der Waals surface area contributed by atoms with Gasteiger partial charge in [0.25, 0.3) is 0 Å². The predicted octanol–water partition coefficient (Wildman–Crippen LogP) is 1.60. The summed E-state index contributed by atoms with van der Waals surface area (Å²) in [6, 6.07) is 9.40. The lowest BCUT2D eigenvalue weighted by Crippen LogP contribution is -2.45. The number of primary amides is 1. The van der Waals surface area contributed by atoms with Crippen molar-refractivity contribution in [2.24, 2.45) is 5.73 Å². The second-order valence-corrected chi connectivity index (χ2v) is 5.76. The number of likely N-dealkylation sites (tertiary alicyclic amines) is 1. The van der Waals surface area contributed by atoms with Crippen LogP contribution in [-0.2, 0) is 4.79 Å². The van der Waals surface area contributed by atoms with E-state index in [0.29, 0.717) is 18.6 Å². The highest BCUT2D eigenvalue weighted by Gasteiger charge is 2.21. The number of carbonyl (C=O) groups excluding carboxylic acids is 1. The van der Waals surface area contributed by atoms with Crippen LogP contribution in [0.15, 0.2) is 24.3 Å². The molecular formula is C16H25N3O. The summed E-state index contributed by atoms with van der Waals surface area (Å²) in [6.07, 6.45) is 2.15. The quantitative estimate of drug-likeness (QED) is 0.858. The molecule has 20 heavy (non-hydrogen) atoms. The van der Waals surface area contributed by atoms with Crippen LogP contribution in [0.1, 0.15) is 36.9 Å². The van der Waals surface area contributed by atoms with Crippen LogP contribution in [-0.4, -0.2) is 36.5 Å². The van der Waals surface area contributed by atoms with Crippen LogP contribution in [0.5, 0.6) is 0 Å². The monoisotopic (exact) mass is 275 g/mol. The van der Waals surface area contributed by atoms with Gasteiger partial charge in [-0.3, -0.25) is 9.69 Å². The first-order valence-electron chi connectivity index (χ1n) is 7.38. The fourth-order valence-electron chi connectivity index (χ4n) is 2.99. The number of nitrogens with two attached hydrogens (primary N) is 1. The third-order valence-electron chi connectivity index (χ3n) is 4.11. The first-order chi connectivity index (χ1) is 9.56. The van der Waals surface area contributed by atoms with E-state index in [1.54, 1.807) is 0 Å². The molecule has 0 spiro atoms. The lowest BCUT2D eigenvalue weighted by atomic mass is 9.99. The van der Waals surface area contributed by atoms with E-state index in [1.807, 2.05) is 0 Å². The van der Waals surface area contributed by atoms with Gasteiger partial charge in [0.1, 0.15) is 0 Å². The fraction of sp³-hybridized carbons (Fsp3) is 0.562. The van der Waals surface area contributed by atoms with Gasteiger partial charge in [-0.1, -0.05) is 24.3 Å². The average molecular weight is 275 g/mol. The minimum atomic E-state index is -0.232. The van der Waals surface area contributed by atoms with Crippen molar-refractivity contribution >= 4 is 5.91 Å². The molecule has 3 N–H and O–H groups in total. The maximum atomic E-state index is 10.9. The maximum Gasteiger partial charge on any atom is 0.231 e. The smallest absolute Gasteiger partial charge is 0.231 e. The van der Waals surface area contributed by atoms with Crippen LogP contribution < -0.4 is 11.1 Å². The zero-order valence-corrected chi connectivity index (χ0v) is 12.4. The largest absolute Gasteiger partial charge is 0.369 e. The molecule has 4 heteroatoms. The Balaban J connectivity index is 1.83. The minimum Gasteiger partial charge on any atom is -0.369 e. The van der Waals surface area contributed by atoms with Crippen LogP contribution in [0.3, 0.4) is 0 Å². The van der Waals surface area contributed by atoms with Gasteiger partial charge in [-0.2, -0.15) is 0 Å². The molecule has 0 aliphatic carbocycles. The van der Waals surface area contributed by atoms with Crippen molar-refractivity contribution in [2.45, 2.75) is 38.8 Å². The molecule has 0 saturated carbocycles. The lowest BCUT2D eigenvalue weighted by Gasteiger charge is -2.33. The Morgan fingerprint density at radius 2 is 2.05 bits per heavy atom. The van der Waals surface area contributed by atoms with Crippen LogP contribution >= 0.6 is 0 Å². The molecule has 0 bridgehead atoms. The molecule has 4 nitrogen and oxygen atoms in total. The molecule has 0 aromatic heterocycles. The molecule has 1 fully saturated rings.